The summed E-state index contributed by atoms with van der Waals surface area (Å²) < 4.78 is 28.3. The average molecular weight is 326 g/mol. The van der Waals surface area contributed by atoms with Crippen LogP contribution < -0.4 is 16.0 Å². The Morgan fingerprint density at radius 3 is 2.43 bits per heavy atom. The van der Waals surface area contributed by atoms with Crippen molar-refractivity contribution in [2.45, 2.75) is 10.1 Å². The molecule has 21 heavy (non-hydrogen) atoms. The first-order valence-corrected chi connectivity index (χ1v) is 8.91. The Labute approximate surface area is 126 Å². The maximum absolute atomic E-state index is 11.4. The Balaban J connectivity index is 2.25. The maximum Gasteiger partial charge on any atom is 0.225 e. The van der Waals surface area contributed by atoms with Crippen LogP contribution in [-0.4, -0.2) is 30.9 Å². The van der Waals surface area contributed by atoms with Crippen LogP contribution in [0.5, 0.6) is 11.6 Å². The van der Waals surface area contributed by atoms with Gasteiger partial charge in [-0.05, 0) is 30.5 Å². The molecule has 1 aromatic carbocycles. The summed E-state index contributed by atoms with van der Waals surface area (Å²) in [7, 11) is -3.22. The van der Waals surface area contributed by atoms with Crippen LogP contribution in [0.15, 0.2) is 40.4 Å². The molecule has 0 amide bonds. The van der Waals surface area contributed by atoms with Crippen LogP contribution in [-0.2, 0) is 9.84 Å². The Bertz CT molecular complexity index is 710. The number of hydrogen-bond acceptors (Lipinski definition) is 8. The summed E-state index contributed by atoms with van der Waals surface area (Å²) in [5.74, 6) is 6.54. The van der Waals surface area contributed by atoms with Crippen molar-refractivity contribution in [1.82, 2.24) is 9.97 Å². The molecule has 0 aliphatic heterocycles. The molecule has 0 aliphatic carbocycles. The van der Waals surface area contributed by atoms with Crippen LogP contribution in [0, 0.1) is 0 Å². The van der Waals surface area contributed by atoms with E-state index in [9.17, 15) is 8.42 Å². The molecule has 2 aromatic rings. The Hall–Kier alpha value is -1.84. The van der Waals surface area contributed by atoms with E-state index in [1.165, 1.54) is 23.9 Å². The molecule has 0 spiro atoms. The van der Waals surface area contributed by atoms with Crippen molar-refractivity contribution in [3.63, 3.8) is 0 Å². The van der Waals surface area contributed by atoms with E-state index < -0.39 is 9.84 Å². The second-order valence-electron chi connectivity index (χ2n) is 4.07. The summed E-state index contributed by atoms with van der Waals surface area (Å²) in [6.45, 7) is 0. The lowest BCUT2D eigenvalue weighted by Crippen LogP contribution is -2.09. The first kappa shape index (κ1) is 15.5. The van der Waals surface area contributed by atoms with Crippen molar-refractivity contribution in [3.8, 4) is 11.6 Å². The summed E-state index contributed by atoms with van der Waals surface area (Å²) >= 11 is 1.35. The highest BCUT2D eigenvalue weighted by Crippen LogP contribution is 2.24. The van der Waals surface area contributed by atoms with Crippen LogP contribution in [0.1, 0.15) is 0 Å². The van der Waals surface area contributed by atoms with Crippen LogP contribution in [0.4, 0.5) is 5.82 Å². The van der Waals surface area contributed by atoms with E-state index in [1.807, 2.05) is 6.26 Å². The van der Waals surface area contributed by atoms with Gasteiger partial charge in [0.1, 0.15) is 11.6 Å². The predicted octanol–water partition coefficient (Wildman–Crippen LogP) is 1.68. The van der Waals surface area contributed by atoms with Gasteiger partial charge < -0.3 is 10.2 Å². The molecule has 0 saturated carbocycles. The minimum atomic E-state index is -3.22. The van der Waals surface area contributed by atoms with Crippen molar-refractivity contribution in [1.29, 1.82) is 0 Å². The van der Waals surface area contributed by atoms with Crippen LogP contribution in [0.2, 0.25) is 0 Å². The van der Waals surface area contributed by atoms with Gasteiger partial charge in [0.2, 0.25) is 5.88 Å². The molecule has 2 rings (SSSR count). The van der Waals surface area contributed by atoms with Gasteiger partial charge in [-0.1, -0.05) is 11.8 Å². The molecule has 0 unspecified atom stereocenters. The number of anilines is 1. The van der Waals surface area contributed by atoms with Gasteiger partial charge in [-0.15, -0.1) is 0 Å². The Kier molecular flexibility index (Phi) is 4.66. The number of thioether (sulfide) groups is 1. The third-order valence-electron chi connectivity index (χ3n) is 2.49. The van der Waals surface area contributed by atoms with Gasteiger partial charge in [0.05, 0.1) is 4.90 Å². The monoisotopic (exact) mass is 326 g/mol. The van der Waals surface area contributed by atoms with E-state index in [0.29, 0.717) is 22.6 Å². The van der Waals surface area contributed by atoms with Gasteiger partial charge in [0.15, 0.2) is 15.0 Å². The number of nitrogens with two attached hydrogens (primary N) is 1. The number of nitrogens with zero attached hydrogens (tertiary/aromatic N) is 2. The minimum Gasteiger partial charge on any atom is -0.439 e. The number of rotatable bonds is 5. The fraction of sp³-hybridized carbons (Fsp3) is 0.167. The lowest BCUT2D eigenvalue weighted by atomic mass is 10.3. The quantitative estimate of drug-likeness (QED) is 0.370. The zero-order valence-electron chi connectivity index (χ0n) is 11.4. The Morgan fingerprint density at radius 1 is 1.24 bits per heavy atom. The summed E-state index contributed by atoms with van der Waals surface area (Å²) in [5, 5.41) is 0.508. The molecule has 1 aromatic heterocycles. The van der Waals surface area contributed by atoms with Gasteiger partial charge in [-0.2, -0.15) is 4.98 Å². The van der Waals surface area contributed by atoms with Crippen LogP contribution in [0.3, 0.4) is 0 Å². The number of hydrogen-bond donors (Lipinski definition) is 2. The van der Waals surface area contributed by atoms with E-state index in [2.05, 4.69) is 15.4 Å². The van der Waals surface area contributed by atoms with Crippen LogP contribution in [0.25, 0.3) is 0 Å². The van der Waals surface area contributed by atoms with E-state index >= 15 is 0 Å². The summed E-state index contributed by atoms with van der Waals surface area (Å²) in [5.41, 5.74) is 2.43. The van der Waals surface area contributed by atoms with Gasteiger partial charge >= 0.3 is 0 Å². The molecule has 112 valence electrons. The highest BCUT2D eigenvalue weighted by atomic mass is 32.2. The zero-order chi connectivity index (χ0) is 15.5. The SMILES string of the molecule is CSc1nc(NN)cc(Oc2ccc(S(C)(=O)=O)cc2)n1. The Morgan fingerprint density at radius 2 is 1.90 bits per heavy atom. The van der Waals surface area contributed by atoms with Gasteiger partial charge in [0.25, 0.3) is 0 Å². The molecule has 1 heterocycles. The van der Waals surface area contributed by atoms with Gasteiger partial charge in [-0.3, -0.25) is 0 Å². The summed E-state index contributed by atoms with van der Waals surface area (Å²) in [4.78, 5) is 8.53. The number of hydrazine groups is 1. The maximum atomic E-state index is 11.4. The highest BCUT2D eigenvalue weighted by Gasteiger charge is 2.08. The topological polar surface area (TPSA) is 107 Å². The third-order valence-corrected chi connectivity index (χ3v) is 4.16. The molecule has 3 N–H and O–H groups in total. The number of ether oxygens (including phenoxy) is 1. The summed E-state index contributed by atoms with van der Waals surface area (Å²) in [6.07, 6.45) is 2.98. The predicted molar refractivity (Wildman–Crippen MR) is 81.2 cm³/mol. The zero-order valence-corrected chi connectivity index (χ0v) is 13.0. The number of aromatic nitrogens is 2. The molecular weight excluding hydrogens is 312 g/mol. The first-order valence-electron chi connectivity index (χ1n) is 5.80. The van der Waals surface area contributed by atoms with Gasteiger partial charge in [0, 0.05) is 12.3 Å². The van der Waals surface area contributed by atoms with E-state index in [4.69, 9.17) is 10.6 Å². The molecule has 9 heteroatoms. The number of sulfone groups is 1. The lowest BCUT2D eigenvalue weighted by Gasteiger charge is -2.08. The van der Waals surface area contributed by atoms with Gasteiger partial charge in [-0.25, -0.2) is 19.2 Å². The van der Waals surface area contributed by atoms with Crippen LogP contribution >= 0.6 is 11.8 Å². The lowest BCUT2D eigenvalue weighted by molar-refractivity contribution is 0.455. The second kappa shape index (κ2) is 6.29. The highest BCUT2D eigenvalue weighted by molar-refractivity contribution is 7.98. The molecule has 0 fully saturated rings. The molecule has 0 atom stereocenters. The van der Waals surface area contributed by atoms with Crippen molar-refractivity contribution in [2.24, 2.45) is 5.84 Å². The van der Waals surface area contributed by atoms with E-state index in [-0.39, 0.29) is 4.90 Å². The molecule has 0 bridgehead atoms. The average Bonchev–Trinajstić information content (AvgIpc) is 2.46. The third kappa shape index (κ3) is 4.06. The van der Waals surface area contributed by atoms with Crippen molar-refractivity contribution < 1.29 is 13.2 Å². The number of nitrogens with one attached hydrogen (secondary N) is 1. The van der Waals surface area contributed by atoms with E-state index in [1.54, 1.807) is 18.2 Å². The number of benzene rings is 1. The molecule has 0 aliphatic rings. The molecule has 0 saturated heterocycles. The fourth-order valence-corrected chi connectivity index (χ4v) is 2.50. The minimum absolute atomic E-state index is 0.228. The van der Waals surface area contributed by atoms with E-state index in [0.717, 1.165) is 6.26 Å². The van der Waals surface area contributed by atoms with Crippen molar-refractivity contribution >= 4 is 27.4 Å². The second-order valence-corrected chi connectivity index (χ2v) is 6.86. The normalized spacial score (nSPS) is 11.2. The standard InChI is InChI=1S/C12H14N4O3S2/c1-20-12-14-10(16-13)7-11(15-12)19-8-3-5-9(6-4-8)21(2,17)18/h3-7H,13H2,1-2H3,(H,14,15,16). The summed E-state index contributed by atoms with van der Waals surface area (Å²) in [6, 6.07) is 7.62. The van der Waals surface area contributed by atoms with Crippen molar-refractivity contribution in [2.75, 3.05) is 17.9 Å². The molecule has 7 nitrogen and oxygen atoms in total. The number of nitrogen functional groups attached to an aromatic ring is 1. The molecular formula is C12H14N4O3S2. The largest absolute Gasteiger partial charge is 0.439 e. The fourth-order valence-electron chi connectivity index (χ4n) is 1.50. The first-order chi connectivity index (χ1) is 9.92. The smallest absolute Gasteiger partial charge is 0.225 e. The molecule has 0 radical (unpaired) electrons. The van der Waals surface area contributed by atoms with Crippen molar-refractivity contribution in [3.05, 3.63) is 30.3 Å².